The number of nitrogens with one attached hydrogen (secondary N) is 2. The van der Waals surface area contributed by atoms with Crippen molar-refractivity contribution in [3.05, 3.63) is 52.0 Å². The van der Waals surface area contributed by atoms with E-state index in [2.05, 4.69) is 10.0 Å². The highest BCUT2D eigenvalue weighted by atomic mass is 32.2. The maximum atomic E-state index is 13.2. The van der Waals surface area contributed by atoms with Gasteiger partial charge in [-0.05, 0) is 55.2 Å². The Kier molecular flexibility index (Phi) is 7.58. The quantitative estimate of drug-likeness (QED) is 0.591. The van der Waals surface area contributed by atoms with E-state index < -0.39 is 51.2 Å². The molecule has 7 nitrogen and oxygen atoms in total. The lowest BCUT2D eigenvalue weighted by Gasteiger charge is -2.23. The fourth-order valence-electron chi connectivity index (χ4n) is 3.53. The number of carbonyl (C=O) groups excluding carboxylic acids is 3. The van der Waals surface area contributed by atoms with Crippen molar-refractivity contribution in [3.8, 4) is 0 Å². The van der Waals surface area contributed by atoms with Gasteiger partial charge in [-0.2, -0.15) is 0 Å². The van der Waals surface area contributed by atoms with E-state index in [9.17, 15) is 27.2 Å². The molecule has 1 aliphatic heterocycles. The van der Waals surface area contributed by atoms with E-state index in [1.807, 2.05) is 12.1 Å². The minimum absolute atomic E-state index is 0.169. The molecule has 172 valence electrons. The number of ketones is 2. The van der Waals surface area contributed by atoms with Gasteiger partial charge in [0.1, 0.15) is 5.82 Å². The SMILES string of the molecule is CC(C)C(NS(=O)(=O)c1ccc(F)cc1)C(=O)CC1Cc2ccc(s2)CCNC(=O)C1=O. The molecule has 1 aliphatic rings. The zero-order chi connectivity index (χ0) is 23.5. The van der Waals surface area contributed by atoms with Gasteiger partial charge in [-0.3, -0.25) is 14.4 Å². The summed E-state index contributed by atoms with van der Waals surface area (Å²) < 4.78 is 41.0. The number of halogens is 1. The van der Waals surface area contributed by atoms with Crippen LogP contribution in [-0.2, 0) is 37.2 Å². The number of hydrogen-bond acceptors (Lipinski definition) is 6. The monoisotopic (exact) mass is 480 g/mol. The van der Waals surface area contributed by atoms with Crippen LogP contribution in [0.2, 0.25) is 0 Å². The van der Waals surface area contributed by atoms with Crippen molar-refractivity contribution in [1.82, 2.24) is 10.0 Å². The van der Waals surface area contributed by atoms with Gasteiger partial charge in [0.05, 0.1) is 10.9 Å². The van der Waals surface area contributed by atoms with Gasteiger partial charge in [-0.25, -0.2) is 17.5 Å². The zero-order valence-corrected chi connectivity index (χ0v) is 19.4. The first-order chi connectivity index (χ1) is 15.1. The Bertz CT molecular complexity index is 1110. The number of hydrogen-bond donors (Lipinski definition) is 2. The van der Waals surface area contributed by atoms with E-state index in [0.717, 1.165) is 34.0 Å². The molecule has 0 fully saturated rings. The summed E-state index contributed by atoms with van der Waals surface area (Å²) in [5.41, 5.74) is 0. The van der Waals surface area contributed by atoms with Gasteiger partial charge >= 0.3 is 0 Å². The first-order valence-electron chi connectivity index (χ1n) is 10.3. The zero-order valence-electron chi connectivity index (χ0n) is 17.8. The van der Waals surface area contributed by atoms with Gasteiger partial charge in [-0.1, -0.05) is 13.8 Å². The normalized spacial score (nSPS) is 18.3. The maximum Gasteiger partial charge on any atom is 0.287 e. The molecule has 2 N–H and O–H groups in total. The van der Waals surface area contributed by atoms with E-state index in [4.69, 9.17) is 0 Å². The van der Waals surface area contributed by atoms with Crippen LogP contribution in [0.15, 0.2) is 41.3 Å². The number of thiophene rings is 1. The molecule has 0 aliphatic carbocycles. The van der Waals surface area contributed by atoms with Crippen LogP contribution in [0.4, 0.5) is 4.39 Å². The van der Waals surface area contributed by atoms with Crippen LogP contribution in [-0.4, -0.2) is 38.5 Å². The molecular formula is C22H25FN2O5S2. The van der Waals surface area contributed by atoms with Gasteiger partial charge in [0.15, 0.2) is 5.78 Å². The third-order valence-electron chi connectivity index (χ3n) is 5.28. The number of carbonyl (C=O) groups is 3. The molecule has 10 heteroatoms. The fourth-order valence-corrected chi connectivity index (χ4v) is 6.00. The third kappa shape index (κ3) is 5.87. The molecular weight excluding hydrogens is 455 g/mol. The summed E-state index contributed by atoms with van der Waals surface area (Å²) in [6.45, 7) is 3.70. The highest BCUT2D eigenvalue weighted by Gasteiger charge is 2.34. The molecule has 2 heterocycles. The predicted molar refractivity (Wildman–Crippen MR) is 118 cm³/mol. The standard InChI is InChI=1S/C22H25FN2O5S2/c1-13(2)20(25-32(29,30)18-7-3-15(23)4-8-18)19(26)12-14-11-17-6-5-16(31-17)9-10-24-22(28)21(14)27/h3-8,13-14,20,25H,9-12H2,1-2H3,(H,24,28). The maximum absolute atomic E-state index is 13.2. The summed E-state index contributed by atoms with van der Waals surface area (Å²) in [4.78, 5) is 39.9. The Balaban J connectivity index is 1.81. The first kappa shape index (κ1) is 24.2. The second-order valence-electron chi connectivity index (χ2n) is 8.11. The minimum atomic E-state index is -4.09. The molecule has 1 aromatic heterocycles. The van der Waals surface area contributed by atoms with Crippen LogP contribution < -0.4 is 10.0 Å². The van der Waals surface area contributed by atoms with Gasteiger partial charge in [0.2, 0.25) is 15.8 Å². The largest absolute Gasteiger partial charge is 0.349 e. The van der Waals surface area contributed by atoms with Gasteiger partial charge in [-0.15, -0.1) is 11.3 Å². The van der Waals surface area contributed by atoms with Gasteiger partial charge in [0, 0.05) is 28.6 Å². The van der Waals surface area contributed by atoms with E-state index in [1.54, 1.807) is 13.8 Å². The Labute approximate surface area is 190 Å². The van der Waals surface area contributed by atoms with Crippen LogP contribution in [0.1, 0.15) is 30.0 Å². The average Bonchev–Trinajstić information content (AvgIpc) is 3.17. The summed E-state index contributed by atoms with van der Waals surface area (Å²) in [5.74, 6) is -3.77. The summed E-state index contributed by atoms with van der Waals surface area (Å²) in [7, 11) is -4.09. The van der Waals surface area contributed by atoms with Crippen molar-refractivity contribution in [1.29, 1.82) is 0 Å². The van der Waals surface area contributed by atoms with Crippen molar-refractivity contribution in [2.24, 2.45) is 11.8 Å². The Morgan fingerprint density at radius 3 is 2.47 bits per heavy atom. The summed E-state index contributed by atoms with van der Waals surface area (Å²) in [5, 5.41) is 2.59. The number of benzene rings is 1. The molecule has 1 amide bonds. The molecule has 2 unspecified atom stereocenters. The number of sulfonamides is 1. The van der Waals surface area contributed by atoms with E-state index in [0.29, 0.717) is 13.0 Å². The fraction of sp³-hybridized carbons (Fsp3) is 0.409. The van der Waals surface area contributed by atoms with Crippen molar-refractivity contribution in [2.45, 2.75) is 44.0 Å². The predicted octanol–water partition coefficient (Wildman–Crippen LogP) is 2.25. The van der Waals surface area contributed by atoms with Gasteiger partial charge < -0.3 is 5.32 Å². The number of amides is 1. The molecule has 0 saturated heterocycles. The highest BCUT2D eigenvalue weighted by molar-refractivity contribution is 7.89. The first-order valence-corrected chi connectivity index (χ1v) is 12.6. The van der Waals surface area contributed by atoms with Crippen molar-refractivity contribution >= 4 is 38.8 Å². The molecule has 0 radical (unpaired) electrons. The topological polar surface area (TPSA) is 109 Å². The average molecular weight is 481 g/mol. The lowest BCUT2D eigenvalue weighted by molar-refractivity contribution is -0.141. The molecule has 0 spiro atoms. The van der Waals surface area contributed by atoms with Crippen LogP contribution in [0.5, 0.6) is 0 Å². The number of Topliss-reactive ketones (excluding diaryl/α,β-unsaturated/α-hetero) is 2. The molecule has 1 aromatic carbocycles. The van der Waals surface area contributed by atoms with Crippen molar-refractivity contribution in [2.75, 3.05) is 6.54 Å². The van der Waals surface area contributed by atoms with Crippen LogP contribution in [0.3, 0.4) is 0 Å². The second kappa shape index (κ2) is 10.0. The van der Waals surface area contributed by atoms with E-state index in [1.165, 1.54) is 11.3 Å². The second-order valence-corrected chi connectivity index (χ2v) is 11.1. The van der Waals surface area contributed by atoms with Crippen LogP contribution in [0.25, 0.3) is 0 Å². The highest BCUT2D eigenvalue weighted by Crippen LogP contribution is 2.25. The summed E-state index contributed by atoms with van der Waals surface area (Å²) in [6, 6.07) is 6.99. The molecule has 32 heavy (non-hydrogen) atoms. The lowest BCUT2D eigenvalue weighted by Crippen LogP contribution is -2.46. The molecule has 0 saturated carbocycles. The Hall–Kier alpha value is -2.43. The Morgan fingerprint density at radius 1 is 1.16 bits per heavy atom. The molecule has 2 bridgehead atoms. The summed E-state index contributed by atoms with van der Waals surface area (Å²) in [6.07, 6.45) is 0.598. The Morgan fingerprint density at radius 2 is 1.81 bits per heavy atom. The third-order valence-corrected chi connectivity index (χ3v) is 7.91. The smallest absolute Gasteiger partial charge is 0.287 e. The molecule has 2 atom stereocenters. The van der Waals surface area contributed by atoms with Gasteiger partial charge in [0.25, 0.3) is 5.91 Å². The van der Waals surface area contributed by atoms with Crippen LogP contribution >= 0.6 is 11.3 Å². The molecule has 3 rings (SSSR count). The summed E-state index contributed by atoms with van der Waals surface area (Å²) >= 11 is 1.53. The molecule has 2 aromatic rings. The van der Waals surface area contributed by atoms with E-state index in [-0.39, 0.29) is 17.7 Å². The number of fused-ring (bicyclic) bond motifs is 2. The van der Waals surface area contributed by atoms with Crippen LogP contribution in [0, 0.1) is 17.7 Å². The van der Waals surface area contributed by atoms with Crippen molar-refractivity contribution in [3.63, 3.8) is 0 Å². The minimum Gasteiger partial charge on any atom is -0.349 e. The van der Waals surface area contributed by atoms with E-state index >= 15 is 0 Å². The number of rotatable bonds is 7. The van der Waals surface area contributed by atoms with Crippen molar-refractivity contribution < 1.29 is 27.2 Å². The lowest BCUT2D eigenvalue weighted by atomic mass is 9.88.